The molecule has 4 aromatic rings. The second kappa shape index (κ2) is 9.94. The first-order valence-electron chi connectivity index (χ1n) is 11.1. The van der Waals surface area contributed by atoms with E-state index in [1.165, 1.54) is 0 Å². The second-order valence-corrected chi connectivity index (χ2v) is 9.09. The highest BCUT2D eigenvalue weighted by atomic mass is 35.5. The summed E-state index contributed by atoms with van der Waals surface area (Å²) in [5.41, 5.74) is 2.02. The number of piperazine rings is 1. The Morgan fingerprint density at radius 1 is 0.914 bits per heavy atom. The number of rotatable bonds is 5. The molecule has 1 atom stereocenters. The number of carbonyl (C=O) groups excluding carboxylic acids is 2. The number of carbonyl (C=O) groups is 2. The third-order valence-electron chi connectivity index (χ3n) is 5.93. The molecular formula is C27H21Cl2N3O3. The molecule has 1 aliphatic heterocycles. The fourth-order valence-electron chi connectivity index (χ4n) is 4.16. The molecule has 1 fully saturated rings. The van der Waals surface area contributed by atoms with Crippen LogP contribution in [0.3, 0.4) is 0 Å². The van der Waals surface area contributed by atoms with Gasteiger partial charge in [0.25, 0.3) is 11.8 Å². The zero-order valence-corrected chi connectivity index (χ0v) is 20.1. The van der Waals surface area contributed by atoms with Crippen LogP contribution in [-0.4, -0.2) is 39.7 Å². The Hall–Kier alpha value is -3.61. The lowest BCUT2D eigenvalue weighted by atomic mass is 10.00. The monoisotopic (exact) mass is 505 g/mol. The maximum Gasteiger partial charge on any atom is 0.254 e. The summed E-state index contributed by atoms with van der Waals surface area (Å²) in [6.07, 6.45) is 1.64. The van der Waals surface area contributed by atoms with Crippen molar-refractivity contribution in [2.75, 3.05) is 13.1 Å². The van der Waals surface area contributed by atoms with Gasteiger partial charge in [-0.15, -0.1) is 0 Å². The second-order valence-electron chi connectivity index (χ2n) is 8.22. The van der Waals surface area contributed by atoms with Gasteiger partial charge in [0.15, 0.2) is 0 Å². The van der Waals surface area contributed by atoms with E-state index >= 15 is 0 Å². The Bertz CT molecular complexity index is 1340. The van der Waals surface area contributed by atoms with Crippen LogP contribution < -0.4 is 0 Å². The summed E-state index contributed by atoms with van der Waals surface area (Å²) in [4.78, 5) is 34.8. The van der Waals surface area contributed by atoms with Crippen LogP contribution in [0, 0.1) is 0 Å². The minimum absolute atomic E-state index is 0.196. The van der Waals surface area contributed by atoms with E-state index in [9.17, 15) is 9.59 Å². The van der Waals surface area contributed by atoms with Gasteiger partial charge in [-0.2, -0.15) is 0 Å². The average Bonchev–Trinajstić information content (AvgIpc) is 3.35. The minimum Gasteiger partial charge on any atom is -0.439 e. The van der Waals surface area contributed by atoms with Crippen molar-refractivity contribution in [2.24, 2.45) is 0 Å². The lowest BCUT2D eigenvalue weighted by Gasteiger charge is -2.40. The fraction of sp³-hybridized carbons (Fsp3) is 0.148. The number of nitrogens with zero attached hydrogens (tertiary/aromatic N) is 3. The molecule has 35 heavy (non-hydrogen) atoms. The highest BCUT2D eigenvalue weighted by Crippen LogP contribution is 2.31. The normalized spacial score (nSPS) is 15.9. The summed E-state index contributed by atoms with van der Waals surface area (Å²) >= 11 is 12.1. The van der Waals surface area contributed by atoms with Gasteiger partial charge in [-0.25, -0.2) is 4.98 Å². The van der Waals surface area contributed by atoms with Crippen LogP contribution >= 0.6 is 23.2 Å². The van der Waals surface area contributed by atoms with Crippen LogP contribution in [0.4, 0.5) is 0 Å². The lowest BCUT2D eigenvalue weighted by Crippen LogP contribution is -2.53. The quantitative estimate of drug-likeness (QED) is 0.340. The molecule has 2 amide bonds. The van der Waals surface area contributed by atoms with Crippen LogP contribution in [0.1, 0.15) is 27.7 Å². The van der Waals surface area contributed by atoms with Gasteiger partial charge in [0, 0.05) is 34.3 Å². The van der Waals surface area contributed by atoms with Gasteiger partial charge < -0.3 is 14.2 Å². The molecule has 0 N–H and O–H groups in total. The molecule has 1 saturated heterocycles. The molecule has 5 rings (SSSR count). The lowest BCUT2D eigenvalue weighted by molar-refractivity contribution is -0.141. The minimum atomic E-state index is -0.791. The zero-order chi connectivity index (χ0) is 24.4. The van der Waals surface area contributed by atoms with E-state index in [4.69, 9.17) is 27.6 Å². The number of hydrogen-bond donors (Lipinski definition) is 0. The first-order chi connectivity index (χ1) is 17.0. The predicted octanol–water partition coefficient (Wildman–Crippen LogP) is 5.87. The molecule has 0 bridgehead atoms. The highest BCUT2D eigenvalue weighted by molar-refractivity contribution is 6.30. The largest absolute Gasteiger partial charge is 0.439 e. The summed E-state index contributed by atoms with van der Waals surface area (Å²) in [5.74, 6) is 0.641. The van der Waals surface area contributed by atoms with Crippen molar-refractivity contribution in [1.82, 2.24) is 14.8 Å². The van der Waals surface area contributed by atoms with Crippen LogP contribution in [0.15, 0.2) is 89.5 Å². The third-order valence-corrected chi connectivity index (χ3v) is 6.43. The Kier molecular flexibility index (Phi) is 6.57. The average molecular weight is 506 g/mol. The van der Waals surface area contributed by atoms with Crippen molar-refractivity contribution in [2.45, 2.75) is 12.6 Å². The van der Waals surface area contributed by atoms with Crippen LogP contribution in [0.25, 0.3) is 11.5 Å². The molecule has 1 aromatic heterocycles. The Balaban J connectivity index is 1.41. The van der Waals surface area contributed by atoms with E-state index < -0.39 is 6.04 Å². The van der Waals surface area contributed by atoms with Crippen molar-refractivity contribution < 1.29 is 14.0 Å². The molecule has 3 aromatic carbocycles. The van der Waals surface area contributed by atoms with Crippen molar-refractivity contribution in [3.05, 3.63) is 112 Å². The topological polar surface area (TPSA) is 66.7 Å². The first kappa shape index (κ1) is 23.1. The van der Waals surface area contributed by atoms with Gasteiger partial charge in [0.1, 0.15) is 11.8 Å². The SMILES string of the molecule is O=C1C(c2ccc(Cl)cc2)N(C(=O)c2ccc(Cl)cc2)CCN1Cc1cnc(-c2ccccc2)o1. The standard InChI is InChI=1S/C27H21Cl2N3O3/c28-21-10-6-18(7-11-21)24-27(34)31(14-15-32(24)26(33)20-8-12-22(29)13-9-20)17-23-16-30-25(35-23)19-4-2-1-3-5-19/h1-13,16,24H,14-15,17H2. The van der Waals surface area contributed by atoms with Gasteiger partial charge in [0.05, 0.1) is 12.7 Å². The zero-order valence-electron chi connectivity index (χ0n) is 18.6. The van der Waals surface area contributed by atoms with Gasteiger partial charge in [-0.1, -0.05) is 53.5 Å². The summed E-state index contributed by atoms with van der Waals surface area (Å²) in [5, 5.41) is 1.10. The maximum atomic E-state index is 13.7. The molecule has 0 saturated carbocycles. The number of halogens is 2. The molecule has 8 heteroatoms. The Morgan fingerprint density at radius 3 is 2.26 bits per heavy atom. The van der Waals surface area contributed by atoms with E-state index in [-0.39, 0.29) is 18.4 Å². The molecule has 176 valence electrons. The summed E-state index contributed by atoms with van der Waals surface area (Å²) in [7, 11) is 0. The molecule has 0 spiro atoms. The smallest absolute Gasteiger partial charge is 0.254 e. The van der Waals surface area contributed by atoms with Gasteiger partial charge in [0.2, 0.25) is 5.89 Å². The maximum absolute atomic E-state index is 13.7. The van der Waals surface area contributed by atoms with Gasteiger partial charge in [-0.3, -0.25) is 9.59 Å². The van der Waals surface area contributed by atoms with Gasteiger partial charge in [-0.05, 0) is 54.1 Å². The Morgan fingerprint density at radius 2 is 1.57 bits per heavy atom. The molecule has 1 unspecified atom stereocenters. The Labute approximate surface area is 212 Å². The molecular weight excluding hydrogens is 485 g/mol. The summed E-state index contributed by atoms with van der Waals surface area (Å²) in [6.45, 7) is 0.982. The van der Waals surface area contributed by atoms with Crippen molar-refractivity contribution in [1.29, 1.82) is 0 Å². The number of hydrogen-bond acceptors (Lipinski definition) is 4. The number of amides is 2. The van der Waals surface area contributed by atoms with E-state index in [2.05, 4.69) is 4.98 Å². The van der Waals surface area contributed by atoms with E-state index in [0.717, 1.165) is 5.56 Å². The van der Waals surface area contributed by atoms with Gasteiger partial charge >= 0.3 is 0 Å². The number of aromatic nitrogens is 1. The van der Waals surface area contributed by atoms with E-state index in [0.29, 0.717) is 45.9 Å². The predicted molar refractivity (Wildman–Crippen MR) is 134 cm³/mol. The summed E-state index contributed by atoms with van der Waals surface area (Å²) in [6, 6.07) is 22.4. The molecule has 1 aliphatic rings. The summed E-state index contributed by atoms with van der Waals surface area (Å²) < 4.78 is 5.92. The van der Waals surface area contributed by atoms with Crippen LogP contribution in [0.5, 0.6) is 0 Å². The number of benzene rings is 3. The molecule has 0 radical (unpaired) electrons. The molecule has 6 nitrogen and oxygen atoms in total. The molecule has 2 heterocycles. The first-order valence-corrected chi connectivity index (χ1v) is 11.9. The van der Waals surface area contributed by atoms with Crippen LogP contribution in [0.2, 0.25) is 10.0 Å². The molecule has 0 aliphatic carbocycles. The highest BCUT2D eigenvalue weighted by Gasteiger charge is 2.39. The van der Waals surface area contributed by atoms with E-state index in [1.807, 2.05) is 30.3 Å². The van der Waals surface area contributed by atoms with Crippen molar-refractivity contribution >= 4 is 35.0 Å². The van der Waals surface area contributed by atoms with E-state index in [1.54, 1.807) is 64.5 Å². The van der Waals surface area contributed by atoms with Crippen molar-refractivity contribution in [3.8, 4) is 11.5 Å². The fourth-order valence-corrected chi connectivity index (χ4v) is 4.41. The third kappa shape index (κ3) is 4.94. The van der Waals surface area contributed by atoms with Crippen molar-refractivity contribution in [3.63, 3.8) is 0 Å². The van der Waals surface area contributed by atoms with Crippen LogP contribution in [-0.2, 0) is 11.3 Å². The number of oxazole rings is 1.